The van der Waals surface area contributed by atoms with Gasteiger partial charge in [-0.25, -0.2) is 18.4 Å². The average molecular weight is 409 g/mol. The van der Waals surface area contributed by atoms with E-state index in [2.05, 4.69) is 0 Å². The van der Waals surface area contributed by atoms with E-state index < -0.39 is 40.5 Å². The van der Waals surface area contributed by atoms with E-state index in [-0.39, 0.29) is 35.7 Å². The summed E-state index contributed by atoms with van der Waals surface area (Å²) >= 11 is 0. The summed E-state index contributed by atoms with van der Waals surface area (Å²) in [4.78, 5) is 26.3. The van der Waals surface area contributed by atoms with Gasteiger partial charge >= 0.3 is 11.9 Å². The van der Waals surface area contributed by atoms with Crippen molar-refractivity contribution < 1.29 is 33.3 Å². The molecule has 0 unspecified atom stereocenters. The Bertz CT molecular complexity index is 846. The lowest BCUT2D eigenvalue weighted by atomic mass is 9.59. The van der Waals surface area contributed by atoms with E-state index in [1.54, 1.807) is 13.8 Å². The topological polar surface area (TPSA) is 87.1 Å². The number of carboxylic acid groups (broad SMARTS) is 2. The quantitative estimate of drug-likeness (QED) is 0.716. The number of hydrogen-bond donors (Lipinski definition) is 2. The van der Waals surface area contributed by atoms with Crippen LogP contribution < -0.4 is 0 Å². The van der Waals surface area contributed by atoms with Crippen LogP contribution in [0.1, 0.15) is 33.3 Å². The molecule has 0 radical (unpaired) electrons. The number of carbonyl (C=O) groups is 2. The van der Waals surface area contributed by atoms with Crippen molar-refractivity contribution in [3.63, 3.8) is 0 Å². The fourth-order valence-corrected chi connectivity index (χ4v) is 4.37. The molecular formula is C21H25F2NO5. The molecule has 1 heterocycles. The van der Waals surface area contributed by atoms with Crippen molar-refractivity contribution in [2.45, 2.75) is 33.1 Å². The first kappa shape index (κ1) is 22.5. The van der Waals surface area contributed by atoms with Crippen LogP contribution in [0.15, 0.2) is 40.7 Å². The fourth-order valence-electron chi connectivity index (χ4n) is 4.37. The molecule has 1 aliphatic heterocycles. The molecule has 1 aliphatic rings. The van der Waals surface area contributed by atoms with Gasteiger partial charge in [0.2, 0.25) is 0 Å². The molecule has 1 aromatic carbocycles. The maximum absolute atomic E-state index is 15.0. The average Bonchev–Trinajstić information content (AvgIpc) is 2.60. The number of carboxylic acids is 2. The maximum Gasteiger partial charge on any atom is 0.334 e. The number of aliphatic carboxylic acids is 2. The molecule has 29 heavy (non-hydrogen) atoms. The molecule has 0 bridgehead atoms. The molecule has 0 saturated carbocycles. The van der Waals surface area contributed by atoms with Crippen LogP contribution in [-0.4, -0.2) is 47.3 Å². The number of nitrogens with zero attached hydrogens (tertiary/aromatic N) is 1. The van der Waals surface area contributed by atoms with Gasteiger partial charge in [0.05, 0.1) is 23.2 Å². The van der Waals surface area contributed by atoms with E-state index in [0.717, 1.165) is 18.2 Å². The van der Waals surface area contributed by atoms with Gasteiger partial charge in [0, 0.05) is 30.6 Å². The smallest absolute Gasteiger partial charge is 0.334 e. The summed E-state index contributed by atoms with van der Waals surface area (Å²) < 4.78 is 35.0. The molecule has 1 aromatic rings. The van der Waals surface area contributed by atoms with Gasteiger partial charge in [-0.1, -0.05) is 19.9 Å². The van der Waals surface area contributed by atoms with Crippen LogP contribution in [0.25, 0.3) is 0 Å². The predicted molar refractivity (Wildman–Crippen MR) is 102 cm³/mol. The third-order valence-electron chi connectivity index (χ3n) is 5.49. The van der Waals surface area contributed by atoms with Crippen LogP contribution in [0, 0.1) is 17.6 Å². The summed E-state index contributed by atoms with van der Waals surface area (Å²) in [5, 5.41) is 20.2. The molecule has 0 amide bonds. The van der Waals surface area contributed by atoms with E-state index in [9.17, 15) is 28.6 Å². The van der Waals surface area contributed by atoms with Crippen molar-refractivity contribution >= 4 is 11.9 Å². The van der Waals surface area contributed by atoms with Crippen LogP contribution in [0.5, 0.6) is 0 Å². The second kappa shape index (κ2) is 8.32. The second-order valence-electron chi connectivity index (χ2n) is 7.23. The zero-order chi connectivity index (χ0) is 22.1. The number of rotatable bonds is 7. The Kier molecular flexibility index (Phi) is 6.47. The number of allylic oxidation sites excluding steroid dienone is 2. The van der Waals surface area contributed by atoms with Crippen molar-refractivity contribution in [2.24, 2.45) is 5.92 Å². The van der Waals surface area contributed by atoms with Crippen LogP contribution in [0.4, 0.5) is 8.78 Å². The largest absolute Gasteiger partial charge is 0.478 e. The first-order valence-electron chi connectivity index (χ1n) is 9.13. The summed E-state index contributed by atoms with van der Waals surface area (Å²) in [6.07, 6.45) is 0. The van der Waals surface area contributed by atoms with Gasteiger partial charge < -0.3 is 19.8 Å². The molecule has 8 heteroatoms. The van der Waals surface area contributed by atoms with Crippen LogP contribution in [0.2, 0.25) is 0 Å². The number of benzene rings is 1. The number of hydrogen-bond acceptors (Lipinski definition) is 4. The lowest BCUT2D eigenvalue weighted by Crippen LogP contribution is -2.50. The third kappa shape index (κ3) is 3.42. The molecule has 158 valence electrons. The van der Waals surface area contributed by atoms with E-state index in [1.807, 2.05) is 0 Å². The summed E-state index contributed by atoms with van der Waals surface area (Å²) in [6.45, 7) is 6.54. The highest BCUT2D eigenvalue weighted by atomic mass is 19.1. The van der Waals surface area contributed by atoms with Crippen LogP contribution in [0.3, 0.4) is 0 Å². The zero-order valence-electron chi connectivity index (χ0n) is 17.0. The van der Waals surface area contributed by atoms with Gasteiger partial charge in [-0.2, -0.15) is 0 Å². The number of ether oxygens (including phenoxy) is 1. The molecule has 6 nitrogen and oxygen atoms in total. The maximum atomic E-state index is 15.0. The van der Waals surface area contributed by atoms with Crippen molar-refractivity contribution in [1.29, 1.82) is 0 Å². The summed E-state index contributed by atoms with van der Waals surface area (Å²) in [5.74, 6) is -5.65. The molecule has 0 spiro atoms. The molecule has 2 N–H and O–H groups in total. The monoisotopic (exact) mass is 409 g/mol. The summed E-state index contributed by atoms with van der Waals surface area (Å²) in [5.41, 5.74) is -2.90. The zero-order valence-corrected chi connectivity index (χ0v) is 17.0. The molecule has 0 atom stereocenters. The highest BCUT2D eigenvalue weighted by Gasteiger charge is 2.56. The molecule has 0 aliphatic carbocycles. The van der Waals surface area contributed by atoms with Crippen molar-refractivity contribution in [2.75, 3.05) is 20.3 Å². The van der Waals surface area contributed by atoms with Crippen LogP contribution >= 0.6 is 0 Å². The normalized spacial score (nSPS) is 16.6. The fraction of sp³-hybridized carbons (Fsp3) is 0.429. The van der Waals surface area contributed by atoms with Gasteiger partial charge in [0.1, 0.15) is 11.6 Å². The Morgan fingerprint density at radius 1 is 1.07 bits per heavy atom. The molecule has 2 rings (SSSR count). The van der Waals surface area contributed by atoms with E-state index in [1.165, 1.54) is 25.9 Å². The Balaban J connectivity index is 3.08. The highest BCUT2D eigenvalue weighted by molar-refractivity contribution is 6.01. The van der Waals surface area contributed by atoms with Crippen molar-refractivity contribution in [3.05, 3.63) is 57.9 Å². The lowest BCUT2D eigenvalue weighted by Gasteiger charge is -2.47. The molecule has 0 fully saturated rings. The molecular weight excluding hydrogens is 384 g/mol. The predicted octanol–water partition coefficient (Wildman–Crippen LogP) is 3.54. The van der Waals surface area contributed by atoms with E-state index >= 15 is 0 Å². The van der Waals surface area contributed by atoms with E-state index in [0.29, 0.717) is 0 Å². The Morgan fingerprint density at radius 3 is 1.86 bits per heavy atom. The standard InChI is InChI=1S/C21H25F2NO5/c1-11(2)21(18-14(22)7-6-8-15(18)23)16(19(25)26)12(3)24(9-10-29-5)13(4)17(21)20(27)28/h6-8,11H,9-10H2,1-5H3,(H,25,26)(H,27,28). The van der Waals surface area contributed by atoms with Crippen molar-refractivity contribution in [3.8, 4) is 0 Å². The minimum atomic E-state index is -2.02. The van der Waals surface area contributed by atoms with Crippen molar-refractivity contribution in [1.82, 2.24) is 4.90 Å². The Hall–Kier alpha value is -2.74. The van der Waals surface area contributed by atoms with Crippen LogP contribution in [-0.2, 0) is 19.7 Å². The SMILES string of the molecule is COCCN1C(C)=C(C(=O)O)C(c2c(F)cccc2F)(C(C)C)C(C(=O)O)=C1C. The summed E-state index contributed by atoms with van der Waals surface area (Å²) in [6, 6.07) is 3.16. The number of methoxy groups -OCH3 is 1. The minimum Gasteiger partial charge on any atom is -0.478 e. The highest BCUT2D eigenvalue weighted by Crippen LogP contribution is 2.53. The second-order valence-corrected chi connectivity index (χ2v) is 7.23. The minimum absolute atomic E-state index is 0.190. The Labute approximate surface area is 168 Å². The lowest BCUT2D eigenvalue weighted by molar-refractivity contribution is -0.135. The third-order valence-corrected chi connectivity index (χ3v) is 5.49. The summed E-state index contributed by atoms with van der Waals surface area (Å²) in [7, 11) is 1.46. The first-order chi connectivity index (χ1) is 13.5. The van der Waals surface area contributed by atoms with Gasteiger partial charge in [-0.15, -0.1) is 0 Å². The number of halogens is 2. The van der Waals surface area contributed by atoms with E-state index in [4.69, 9.17) is 4.74 Å². The Morgan fingerprint density at radius 2 is 1.52 bits per heavy atom. The van der Waals surface area contributed by atoms with Gasteiger partial charge in [0.25, 0.3) is 0 Å². The molecule has 0 aromatic heterocycles. The van der Waals surface area contributed by atoms with Gasteiger partial charge in [-0.3, -0.25) is 0 Å². The first-order valence-corrected chi connectivity index (χ1v) is 9.13. The van der Waals surface area contributed by atoms with Gasteiger partial charge in [-0.05, 0) is 31.9 Å². The molecule has 0 saturated heterocycles. The van der Waals surface area contributed by atoms with Gasteiger partial charge in [0.15, 0.2) is 0 Å².